The van der Waals surface area contributed by atoms with E-state index < -0.39 is 27.9 Å². The first-order valence-electron chi connectivity index (χ1n) is 9.85. The number of carbonyl (C=O) groups is 2. The smallest absolute Gasteiger partial charge is 0.338 e. The van der Waals surface area contributed by atoms with Gasteiger partial charge < -0.3 is 14.2 Å². The van der Waals surface area contributed by atoms with Crippen molar-refractivity contribution in [2.24, 2.45) is 0 Å². The van der Waals surface area contributed by atoms with Gasteiger partial charge >= 0.3 is 5.97 Å². The summed E-state index contributed by atoms with van der Waals surface area (Å²) < 4.78 is 42.6. The fourth-order valence-electron chi connectivity index (χ4n) is 3.36. The fourth-order valence-corrected chi connectivity index (χ4v) is 4.93. The SMILES string of the molecule is COc1ccc(C(=O)[C@@H](C)OC(=O)c2cccc(S(=O)(=O)N3CCCC3)c2)c(OC)c1. The third-order valence-electron chi connectivity index (χ3n) is 5.10. The molecule has 1 fully saturated rings. The van der Waals surface area contributed by atoms with Gasteiger partial charge in [0.2, 0.25) is 15.8 Å². The minimum atomic E-state index is -3.67. The van der Waals surface area contributed by atoms with E-state index in [1.165, 1.54) is 55.8 Å². The Bertz CT molecular complexity index is 1080. The summed E-state index contributed by atoms with van der Waals surface area (Å²) in [5.74, 6) is -0.416. The van der Waals surface area contributed by atoms with E-state index in [0.717, 1.165) is 12.8 Å². The van der Waals surface area contributed by atoms with Crippen molar-refractivity contribution in [3.63, 3.8) is 0 Å². The number of methoxy groups -OCH3 is 2. The van der Waals surface area contributed by atoms with E-state index in [4.69, 9.17) is 14.2 Å². The number of ketones is 1. The molecule has 0 amide bonds. The third-order valence-corrected chi connectivity index (χ3v) is 6.99. The summed E-state index contributed by atoms with van der Waals surface area (Å²) in [7, 11) is -0.744. The van der Waals surface area contributed by atoms with Gasteiger partial charge in [-0.1, -0.05) is 6.07 Å². The molecule has 9 heteroatoms. The highest BCUT2D eigenvalue weighted by atomic mass is 32.2. The van der Waals surface area contributed by atoms with Gasteiger partial charge in [-0.3, -0.25) is 4.79 Å². The first kappa shape index (κ1) is 22.8. The predicted octanol–water partition coefficient (Wildman–Crippen LogP) is 2.92. The van der Waals surface area contributed by atoms with Crippen LogP contribution in [-0.4, -0.2) is 57.9 Å². The van der Waals surface area contributed by atoms with Gasteiger partial charge in [0, 0.05) is 19.2 Å². The lowest BCUT2D eigenvalue weighted by molar-refractivity contribution is 0.0317. The molecule has 0 bridgehead atoms. The van der Waals surface area contributed by atoms with Crippen LogP contribution in [-0.2, 0) is 14.8 Å². The van der Waals surface area contributed by atoms with Crippen LogP contribution in [0.5, 0.6) is 11.5 Å². The molecule has 3 rings (SSSR count). The van der Waals surface area contributed by atoms with Crippen LogP contribution in [0.4, 0.5) is 0 Å². The van der Waals surface area contributed by atoms with Gasteiger partial charge in [0.25, 0.3) is 0 Å². The van der Waals surface area contributed by atoms with Gasteiger partial charge in [0.15, 0.2) is 6.10 Å². The van der Waals surface area contributed by atoms with Crippen molar-refractivity contribution in [3.8, 4) is 11.5 Å². The lowest BCUT2D eigenvalue weighted by atomic mass is 10.1. The predicted molar refractivity (Wildman–Crippen MR) is 113 cm³/mol. The lowest BCUT2D eigenvalue weighted by Crippen LogP contribution is -2.28. The molecule has 2 aromatic carbocycles. The average Bonchev–Trinajstić information content (AvgIpc) is 3.34. The van der Waals surface area contributed by atoms with Crippen molar-refractivity contribution >= 4 is 21.8 Å². The summed E-state index contributed by atoms with van der Waals surface area (Å²) in [5.41, 5.74) is 0.301. The second-order valence-electron chi connectivity index (χ2n) is 7.12. The average molecular weight is 448 g/mol. The minimum Gasteiger partial charge on any atom is -0.497 e. The second kappa shape index (κ2) is 9.49. The zero-order valence-corrected chi connectivity index (χ0v) is 18.5. The molecule has 1 saturated heterocycles. The monoisotopic (exact) mass is 447 g/mol. The molecule has 1 aliphatic heterocycles. The number of esters is 1. The topological polar surface area (TPSA) is 99.2 Å². The minimum absolute atomic E-state index is 0.0275. The number of hydrogen-bond acceptors (Lipinski definition) is 7. The highest BCUT2D eigenvalue weighted by molar-refractivity contribution is 7.89. The Labute approximate surface area is 181 Å². The standard InChI is InChI=1S/C22H25NO7S/c1-15(21(24)19-10-9-17(28-2)14-20(19)29-3)30-22(25)16-7-6-8-18(13-16)31(26,27)23-11-4-5-12-23/h6-10,13-15H,4-5,11-12H2,1-3H3/t15-/m1/s1. The molecule has 166 valence electrons. The zero-order chi connectivity index (χ0) is 22.6. The summed E-state index contributed by atoms with van der Waals surface area (Å²) in [5, 5.41) is 0. The Morgan fingerprint density at radius 2 is 1.71 bits per heavy atom. The van der Waals surface area contributed by atoms with E-state index in [9.17, 15) is 18.0 Å². The molecule has 1 atom stereocenters. The first-order valence-corrected chi connectivity index (χ1v) is 11.3. The zero-order valence-electron chi connectivity index (χ0n) is 17.7. The number of rotatable bonds is 8. The molecule has 0 saturated carbocycles. The molecule has 0 aliphatic carbocycles. The molecule has 8 nitrogen and oxygen atoms in total. The van der Waals surface area contributed by atoms with Gasteiger partial charge in [-0.15, -0.1) is 0 Å². The van der Waals surface area contributed by atoms with Gasteiger partial charge in [-0.2, -0.15) is 4.31 Å². The van der Waals surface area contributed by atoms with Gasteiger partial charge in [-0.05, 0) is 50.1 Å². The molecule has 1 heterocycles. The molecule has 0 N–H and O–H groups in total. The molecule has 0 radical (unpaired) electrons. The van der Waals surface area contributed by atoms with Crippen LogP contribution in [0.3, 0.4) is 0 Å². The van der Waals surface area contributed by atoms with Crippen LogP contribution in [0.1, 0.15) is 40.5 Å². The van der Waals surface area contributed by atoms with E-state index in [2.05, 4.69) is 0 Å². The lowest BCUT2D eigenvalue weighted by Gasteiger charge is -2.17. The number of Topliss-reactive ketones (excluding diaryl/α,β-unsaturated/α-hetero) is 1. The third kappa shape index (κ3) is 4.88. The Balaban J connectivity index is 1.76. The van der Waals surface area contributed by atoms with Crippen molar-refractivity contribution in [3.05, 3.63) is 53.6 Å². The van der Waals surface area contributed by atoms with Crippen LogP contribution in [0.25, 0.3) is 0 Å². The largest absolute Gasteiger partial charge is 0.497 e. The summed E-state index contributed by atoms with van der Waals surface area (Å²) in [6.07, 6.45) is 0.527. The Kier molecular flexibility index (Phi) is 6.97. The summed E-state index contributed by atoms with van der Waals surface area (Å²) >= 11 is 0. The number of sulfonamides is 1. The number of nitrogens with zero attached hydrogens (tertiary/aromatic N) is 1. The van der Waals surface area contributed by atoms with Gasteiger partial charge in [-0.25, -0.2) is 13.2 Å². The van der Waals surface area contributed by atoms with E-state index >= 15 is 0 Å². The highest BCUT2D eigenvalue weighted by Gasteiger charge is 2.28. The van der Waals surface area contributed by atoms with Crippen LogP contribution in [0.15, 0.2) is 47.4 Å². The van der Waals surface area contributed by atoms with Gasteiger partial charge in [0.1, 0.15) is 11.5 Å². The molecule has 1 aliphatic rings. The number of benzene rings is 2. The first-order chi connectivity index (χ1) is 14.8. The fraction of sp³-hybridized carbons (Fsp3) is 0.364. The summed E-state index contributed by atoms with van der Waals surface area (Å²) in [6.45, 7) is 2.38. The number of carbonyl (C=O) groups excluding carboxylic acids is 2. The Hall–Kier alpha value is -2.91. The second-order valence-corrected chi connectivity index (χ2v) is 9.05. The molecular formula is C22H25NO7S. The van der Waals surface area contributed by atoms with Crippen molar-refractivity contribution in [1.82, 2.24) is 4.31 Å². The van der Waals surface area contributed by atoms with E-state index in [1.807, 2.05) is 0 Å². The van der Waals surface area contributed by atoms with Crippen molar-refractivity contribution < 1.29 is 32.2 Å². The highest BCUT2D eigenvalue weighted by Crippen LogP contribution is 2.27. The quantitative estimate of drug-likeness (QED) is 0.453. The Morgan fingerprint density at radius 1 is 1.00 bits per heavy atom. The van der Waals surface area contributed by atoms with Crippen LogP contribution in [0.2, 0.25) is 0 Å². The number of ether oxygens (including phenoxy) is 3. The van der Waals surface area contributed by atoms with E-state index in [-0.39, 0.29) is 16.0 Å². The molecule has 31 heavy (non-hydrogen) atoms. The normalized spacial score (nSPS) is 15.3. The maximum Gasteiger partial charge on any atom is 0.338 e. The van der Waals surface area contributed by atoms with Crippen molar-refractivity contribution in [2.75, 3.05) is 27.3 Å². The Morgan fingerprint density at radius 3 is 2.35 bits per heavy atom. The van der Waals surface area contributed by atoms with Crippen LogP contribution in [0, 0.1) is 0 Å². The van der Waals surface area contributed by atoms with Crippen molar-refractivity contribution in [2.45, 2.75) is 30.8 Å². The molecule has 0 spiro atoms. The molecule has 0 unspecified atom stereocenters. The van der Waals surface area contributed by atoms with Gasteiger partial charge in [0.05, 0.1) is 30.2 Å². The maximum atomic E-state index is 12.8. The van der Waals surface area contributed by atoms with E-state index in [0.29, 0.717) is 24.6 Å². The molecular weight excluding hydrogens is 422 g/mol. The molecule has 0 aromatic heterocycles. The maximum absolute atomic E-state index is 12.8. The van der Waals surface area contributed by atoms with Crippen LogP contribution >= 0.6 is 0 Å². The van der Waals surface area contributed by atoms with Crippen LogP contribution < -0.4 is 9.47 Å². The number of hydrogen-bond donors (Lipinski definition) is 0. The summed E-state index contributed by atoms with van der Waals surface area (Å²) in [4.78, 5) is 25.4. The summed E-state index contributed by atoms with van der Waals surface area (Å²) in [6, 6.07) is 10.4. The molecule has 2 aromatic rings. The van der Waals surface area contributed by atoms with Crippen molar-refractivity contribution in [1.29, 1.82) is 0 Å². The van der Waals surface area contributed by atoms with E-state index in [1.54, 1.807) is 12.1 Å².